The second-order valence-corrected chi connectivity index (χ2v) is 11.2. The van der Waals surface area contributed by atoms with Gasteiger partial charge in [0.05, 0.1) is 10.9 Å². The minimum Gasteiger partial charge on any atom is -0.368 e. The Kier molecular flexibility index (Phi) is 8.81. The van der Waals surface area contributed by atoms with Gasteiger partial charge in [-0.2, -0.15) is 4.31 Å². The molecule has 2 atom stereocenters. The van der Waals surface area contributed by atoms with Gasteiger partial charge in [-0.05, 0) is 80.6 Å². The van der Waals surface area contributed by atoms with Crippen LogP contribution in [0.15, 0.2) is 53.7 Å². The minimum absolute atomic E-state index is 0.0369. The van der Waals surface area contributed by atoms with Gasteiger partial charge in [-0.3, -0.25) is 14.6 Å². The van der Waals surface area contributed by atoms with Crippen LogP contribution in [0, 0.1) is 11.8 Å². The molecule has 184 valence electrons. The van der Waals surface area contributed by atoms with Crippen LogP contribution < -0.4 is 11.1 Å². The number of Topliss-reactive ketones (excluding diaryl/α,β-unsaturated/α-hetero) is 1. The van der Waals surface area contributed by atoms with Gasteiger partial charge in [0, 0.05) is 23.0 Å². The van der Waals surface area contributed by atoms with Crippen molar-refractivity contribution in [2.45, 2.75) is 50.1 Å². The van der Waals surface area contributed by atoms with Gasteiger partial charge in [-0.1, -0.05) is 25.4 Å². The highest BCUT2D eigenvalue weighted by Crippen LogP contribution is 2.33. The van der Waals surface area contributed by atoms with Crippen molar-refractivity contribution in [2.24, 2.45) is 17.6 Å². The summed E-state index contributed by atoms with van der Waals surface area (Å²) in [6.07, 6.45) is 4.34. The van der Waals surface area contributed by atoms with E-state index in [9.17, 15) is 18.0 Å². The molecule has 34 heavy (non-hydrogen) atoms. The number of hydrogen-bond donors (Lipinski definition) is 2. The molecule has 3 rings (SSSR count). The molecular formula is C24H31ClN4O4S. The van der Waals surface area contributed by atoms with Crippen molar-refractivity contribution in [1.82, 2.24) is 14.6 Å². The quantitative estimate of drug-likeness (QED) is 0.478. The fraction of sp³-hybridized carbons (Fsp3) is 0.458. The Balaban J connectivity index is 2.22. The number of sulfonamides is 1. The predicted octanol–water partition coefficient (Wildman–Crippen LogP) is 2.88. The van der Waals surface area contributed by atoms with Gasteiger partial charge in [0.15, 0.2) is 5.78 Å². The lowest BCUT2D eigenvalue weighted by molar-refractivity contribution is -0.122. The maximum Gasteiger partial charge on any atom is 0.244 e. The standard InChI is InChI=1S/C24H31ClN4O4S/c1-16(2)15-21(24(26)31)29(34(32,33)20-5-3-19(25)4-6-20)22(17-7-11-27-12-8-17)23(30)18-9-13-28-14-10-18/h3-6,9-10,13-14,16-17,21-22,27H,7-8,11-12,15H2,1-2H3,(H2,26,31)/t21-,22?/m1/s1. The molecule has 1 aromatic heterocycles. The van der Waals surface area contributed by atoms with E-state index in [2.05, 4.69) is 10.3 Å². The first-order chi connectivity index (χ1) is 16.1. The van der Waals surface area contributed by atoms with Crippen LogP contribution in [0.1, 0.15) is 43.5 Å². The molecule has 0 saturated carbocycles. The molecule has 1 saturated heterocycles. The number of nitrogens with two attached hydrogens (primary N) is 1. The van der Waals surface area contributed by atoms with Gasteiger partial charge in [0.1, 0.15) is 6.04 Å². The van der Waals surface area contributed by atoms with E-state index in [4.69, 9.17) is 17.3 Å². The largest absolute Gasteiger partial charge is 0.368 e. The Bertz CT molecular complexity index is 1090. The summed E-state index contributed by atoms with van der Waals surface area (Å²) in [6, 6.07) is 6.55. The van der Waals surface area contributed by atoms with Crippen molar-refractivity contribution in [2.75, 3.05) is 13.1 Å². The molecule has 1 aliphatic heterocycles. The Morgan fingerprint density at radius 3 is 2.24 bits per heavy atom. The number of amides is 1. The SMILES string of the molecule is CC(C)C[C@H](C(N)=O)N(C(C(=O)c1ccncc1)C1CCNCC1)S(=O)(=O)c1ccc(Cl)cc1. The smallest absolute Gasteiger partial charge is 0.244 e. The first-order valence-electron chi connectivity index (χ1n) is 11.4. The fourth-order valence-corrected chi connectivity index (χ4v) is 6.36. The minimum atomic E-state index is -4.29. The topological polar surface area (TPSA) is 122 Å². The van der Waals surface area contributed by atoms with Crippen LogP contribution in [-0.4, -0.2) is 54.6 Å². The number of nitrogens with one attached hydrogen (secondary N) is 1. The summed E-state index contributed by atoms with van der Waals surface area (Å²) in [4.78, 5) is 30.5. The molecular weight excluding hydrogens is 476 g/mol. The lowest BCUT2D eigenvalue weighted by atomic mass is 9.84. The van der Waals surface area contributed by atoms with Gasteiger partial charge in [0.25, 0.3) is 0 Å². The summed E-state index contributed by atoms with van der Waals surface area (Å²) in [5.41, 5.74) is 6.13. The van der Waals surface area contributed by atoms with E-state index < -0.39 is 28.0 Å². The normalized spacial score (nSPS) is 17.0. The predicted molar refractivity (Wildman–Crippen MR) is 131 cm³/mol. The van der Waals surface area contributed by atoms with Crippen molar-refractivity contribution in [3.63, 3.8) is 0 Å². The Labute approximate surface area is 205 Å². The third-order valence-electron chi connectivity index (χ3n) is 6.06. The lowest BCUT2D eigenvalue weighted by Gasteiger charge is -2.40. The summed E-state index contributed by atoms with van der Waals surface area (Å²) in [5.74, 6) is -1.49. The van der Waals surface area contributed by atoms with Gasteiger partial charge in [-0.25, -0.2) is 8.42 Å². The van der Waals surface area contributed by atoms with Crippen LogP contribution in [0.2, 0.25) is 5.02 Å². The van der Waals surface area contributed by atoms with Crippen LogP contribution in [0.3, 0.4) is 0 Å². The monoisotopic (exact) mass is 506 g/mol. The third kappa shape index (κ3) is 6.02. The molecule has 3 N–H and O–H groups in total. The van der Waals surface area contributed by atoms with Crippen LogP contribution in [0.25, 0.3) is 0 Å². The first kappa shape index (κ1) is 26.3. The summed E-state index contributed by atoms with van der Waals surface area (Å²) < 4.78 is 29.3. The fourth-order valence-electron chi connectivity index (χ4n) is 4.42. The molecule has 0 aliphatic carbocycles. The van der Waals surface area contributed by atoms with Crippen LogP contribution >= 0.6 is 11.6 Å². The van der Waals surface area contributed by atoms with Crippen molar-refractivity contribution in [3.05, 3.63) is 59.4 Å². The summed E-state index contributed by atoms with van der Waals surface area (Å²) in [5, 5.41) is 3.63. The molecule has 0 spiro atoms. The van der Waals surface area contributed by atoms with Crippen molar-refractivity contribution >= 4 is 33.3 Å². The van der Waals surface area contributed by atoms with Gasteiger partial charge >= 0.3 is 0 Å². The van der Waals surface area contributed by atoms with E-state index >= 15 is 0 Å². The molecule has 10 heteroatoms. The highest BCUT2D eigenvalue weighted by molar-refractivity contribution is 7.89. The molecule has 0 bridgehead atoms. The number of pyridine rings is 1. The Hall–Kier alpha value is -2.33. The molecule has 1 fully saturated rings. The Morgan fingerprint density at radius 2 is 1.71 bits per heavy atom. The highest BCUT2D eigenvalue weighted by atomic mass is 35.5. The molecule has 1 aliphatic rings. The van der Waals surface area contributed by atoms with Crippen molar-refractivity contribution < 1.29 is 18.0 Å². The second-order valence-electron chi connectivity index (χ2n) is 8.97. The average molecular weight is 507 g/mol. The molecule has 1 amide bonds. The van der Waals surface area contributed by atoms with Gasteiger partial charge in [0.2, 0.25) is 15.9 Å². The number of rotatable bonds is 10. The van der Waals surface area contributed by atoms with Crippen molar-refractivity contribution in [1.29, 1.82) is 0 Å². The lowest BCUT2D eigenvalue weighted by Crippen LogP contribution is -2.59. The second kappa shape index (κ2) is 11.4. The van der Waals surface area contributed by atoms with E-state index in [0.29, 0.717) is 36.5 Å². The molecule has 1 aromatic carbocycles. The maximum atomic E-state index is 14.1. The third-order valence-corrected chi connectivity index (χ3v) is 8.21. The molecule has 8 nitrogen and oxygen atoms in total. The zero-order valence-electron chi connectivity index (χ0n) is 19.4. The maximum absolute atomic E-state index is 14.1. The number of carbonyl (C=O) groups is 2. The first-order valence-corrected chi connectivity index (χ1v) is 13.2. The van der Waals surface area contributed by atoms with E-state index in [-0.39, 0.29) is 28.9 Å². The number of primary amides is 1. The number of hydrogen-bond acceptors (Lipinski definition) is 6. The molecule has 0 radical (unpaired) electrons. The van der Waals surface area contributed by atoms with E-state index in [1.165, 1.54) is 36.7 Å². The zero-order valence-corrected chi connectivity index (χ0v) is 20.9. The van der Waals surface area contributed by atoms with Crippen molar-refractivity contribution in [3.8, 4) is 0 Å². The van der Waals surface area contributed by atoms with E-state index in [1.54, 1.807) is 12.1 Å². The summed E-state index contributed by atoms with van der Waals surface area (Å²) >= 11 is 5.99. The number of benzene rings is 1. The Morgan fingerprint density at radius 1 is 1.12 bits per heavy atom. The zero-order chi connectivity index (χ0) is 24.9. The van der Waals surface area contributed by atoms with Gasteiger partial charge in [-0.15, -0.1) is 0 Å². The summed E-state index contributed by atoms with van der Waals surface area (Å²) in [7, 11) is -4.29. The van der Waals surface area contributed by atoms with Crippen LogP contribution in [-0.2, 0) is 14.8 Å². The number of carbonyl (C=O) groups excluding carboxylic acids is 2. The number of halogens is 1. The molecule has 1 unspecified atom stereocenters. The molecule has 2 heterocycles. The molecule has 2 aromatic rings. The highest BCUT2D eigenvalue weighted by Gasteiger charge is 2.46. The van der Waals surface area contributed by atoms with E-state index in [0.717, 1.165) is 4.31 Å². The van der Waals surface area contributed by atoms with Crippen LogP contribution in [0.5, 0.6) is 0 Å². The van der Waals surface area contributed by atoms with Crippen LogP contribution in [0.4, 0.5) is 0 Å². The van der Waals surface area contributed by atoms with Gasteiger partial charge < -0.3 is 11.1 Å². The van der Waals surface area contributed by atoms with E-state index in [1.807, 2.05) is 13.8 Å². The number of ketones is 1. The number of aromatic nitrogens is 1. The summed E-state index contributed by atoms with van der Waals surface area (Å²) in [6.45, 7) is 5.05. The number of nitrogens with zero attached hydrogens (tertiary/aromatic N) is 2. The number of piperidine rings is 1. The average Bonchev–Trinajstić information content (AvgIpc) is 2.82.